The highest BCUT2D eigenvalue weighted by atomic mass is 35.5. The minimum atomic E-state index is -4.13. The molecule has 0 heterocycles. The van der Waals surface area contributed by atoms with Crippen LogP contribution in [0, 0.1) is 13.8 Å². The molecule has 1 atom stereocenters. The molecule has 3 rings (SSSR count). The van der Waals surface area contributed by atoms with Crippen LogP contribution in [0.4, 0.5) is 5.69 Å². The van der Waals surface area contributed by atoms with E-state index in [2.05, 4.69) is 5.32 Å². The van der Waals surface area contributed by atoms with Crippen LogP contribution in [0.3, 0.4) is 0 Å². The lowest BCUT2D eigenvalue weighted by atomic mass is 10.1. The number of anilines is 1. The standard InChI is InChI=1S/C30H35Cl2N3O4S/c1-5-16-33-30(37)28(6-2)34(19-23-12-13-24(31)18-27(23)32)29(36)20-35(25-9-7-8-22(4)17-25)40(38,39)26-14-10-21(3)11-15-26/h7-15,17-18,28H,5-6,16,19-20H2,1-4H3,(H,33,37)/t28-/m0/s1. The Bertz CT molecular complexity index is 1450. The first-order chi connectivity index (χ1) is 19.0. The van der Waals surface area contributed by atoms with E-state index in [1.807, 2.05) is 26.8 Å². The third-order valence-corrected chi connectivity index (χ3v) is 8.84. The molecule has 0 aliphatic carbocycles. The lowest BCUT2D eigenvalue weighted by Crippen LogP contribution is -2.52. The molecule has 3 aromatic rings. The van der Waals surface area contributed by atoms with Crippen LogP contribution in [0.1, 0.15) is 43.4 Å². The SMILES string of the molecule is CCCNC(=O)[C@H](CC)N(Cc1ccc(Cl)cc1Cl)C(=O)CN(c1cccc(C)c1)S(=O)(=O)c1ccc(C)cc1. The summed E-state index contributed by atoms with van der Waals surface area (Å²) < 4.78 is 28.9. The fourth-order valence-electron chi connectivity index (χ4n) is 4.27. The number of hydrogen-bond acceptors (Lipinski definition) is 4. The maximum absolute atomic E-state index is 14.1. The van der Waals surface area contributed by atoms with Gasteiger partial charge in [0, 0.05) is 23.1 Å². The summed E-state index contributed by atoms with van der Waals surface area (Å²) in [6.07, 6.45) is 1.05. The number of carbonyl (C=O) groups excluding carboxylic acids is 2. The first-order valence-corrected chi connectivity index (χ1v) is 15.3. The number of nitrogens with zero attached hydrogens (tertiary/aromatic N) is 2. The molecule has 0 unspecified atom stereocenters. The van der Waals surface area contributed by atoms with Gasteiger partial charge >= 0.3 is 0 Å². The van der Waals surface area contributed by atoms with Gasteiger partial charge in [0.2, 0.25) is 11.8 Å². The molecule has 0 fully saturated rings. The number of benzene rings is 3. The zero-order valence-electron chi connectivity index (χ0n) is 23.2. The Morgan fingerprint density at radius 2 is 1.62 bits per heavy atom. The summed E-state index contributed by atoms with van der Waals surface area (Å²) in [6.45, 7) is 7.40. The highest BCUT2D eigenvalue weighted by Crippen LogP contribution is 2.27. The zero-order chi connectivity index (χ0) is 29.4. The van der Waals surface area contributed by atoms with Gasteiger partial charge in [-0.15, -0.1) is 0 Å². The van der Waals surface area contributed by atoms with Crippen LogP contribution in [-0.4, -0.2) is 44.3 Å². The van der Waals surface area contributed by atoms with E-state index in [0.717, 1.165) is 21.9 Å². The summed E-state index contributed by atoms with van der Waals surface area (Å²) in [4.78, 5) is 28.7. The third-order valence-electron chi connectivity index (χ3n) is 6.47. The predicted octanol–water partition coefficient (Wildman–Crippen LogP) is 6.14. The van der Waals surface area contributed by atoms with Crippen LogP contribution in [0.15, 0.2) is 71.6 Å². The molecule has 214 valence electrons. The largest absolute Gasteiger partial charge is 0.354 e. The summed E-state index contributed by atoms with van der Waals surface area (Å²) in [5.41, 5.74) is 2.68. The number of nitrogens with one attached hydrogen (secondary N) is 1. The summed E-state index contributed by atoms with van der Waals surface area (Å²) in [5, 5.41) is 3.65. The monoisotopic (exact) mass is 603 g/mol. The Kier molecular flexibility index (Phi) is 11.0. The van der Waals surface area contributed by atoms with Gasteiger partial charge in [-0.25, -0.2) is 8.42 Å². The van der Waals surface area contributed by atoms with E-state index in [1.54, 1.807) is 55.5 Å². The van der Waals surface area contributed by atoms with Gasteiger partial charge in [-0.1, -0.05) is 72.9 Å². The zero-order valence-corrected chi connectivity index (χ0v) is 25.5. The van der Waals surface area contributed by atoms with E-state index in [-0.39, 0.29) is 17.3 Å². The van der Waals surface area contributed by atoms with E-state index >= 15 is 0 Å². The Balaban J connectivity index is 2.07. The molecule has 0 bridgehead atoms. The minimum absolute atomic E-state index is 0.000869. The molecule has 0 radical (unpaired) electrons. The smallest absolute Gasteiger partial charge is 0.264 e. The van der Waals surface area contributed by atoms with Crippen molar-refractivity contribution in [2.75, 3.05) is 17.4 Å². The van der Waals surface area contributed by atoms with Crippen molar-refractivity contribution >= 4 is 50.7 Å². The average Bonchev–Trinajstić information content (AvgIpc) is 2.91. The number of halogens is 2. The second kappa shape index (κ2) is 14.0. The predicted molar refractivity (Wildman–Crippen MR) is 161 cm³/mol. The van der Waals surface area contributed by atoms with Crippen molar-refractivity contribution in [2.45, 2.75) is 58.0 Å². The van der Waals surface area contributed by atoms with E-state index in [1.165, 1.54) is 17.0 Å². The van der Waals surface area contributed by atoms with Gasteiger partial charge in [0.1, 0.15) is 12.6 Å². The van der Waals surface area contributed by atoms with Crippen LogP contribution >= 0.6 is 23.2 Å². The van der Waals surface area contributed by atoms with Crippen molar-refractivity contribution in [3.8, 4) is 0 Å². The normalized spacial score (nSPS) is 12.1. The molecule has 0 aliphatic heterocycles. The van der Waals surface area contributed by atoms with Gasteiger partial charge in [-0.2, -0.15) is 0 Å². The summed E-state index contributed by atoms with van der Waals surface area (Å²) in [6, 6.07) is 17.5. The van der Waals surface area contributed by atoms with Crippen molar-refractivity contribution in [1.82, 2.24) is 10.2 Å². The van der Waals surface area contributed by atoms with Crippen molar-refractivity contribution in [3.05, 3.63) is 93.5 Å². The van der Waals surface area contributed by atoms with Crippen molar-refractivity contribution in [1.29, 1.82) is 0 Å². The van der Waals surface area contributed by atoms with Crippen molar-refractivity contribution < 1.29 is 18.0 Å². The first-order valence-electron chi connectivity index (χ1n) is 13.1. The molecule has 0 aliphatic rings. The Hall–Kier alpha value is -3.07. The molecule has 3 aromatic carbocycles. The Labute approximate surface area is 247 Å². The highest BCUT2D eigenvalue weighted by Gasteiger charge is 2.34. The topological polar surface area (TPSA) is 86.8 Å². The molecule has 0 saturated carbocycles. The lowest BCUT2D eigenvalue weighted by Gasteiger charge is -2.33. The van der Waals surface area contributed by atoms with Crippen LogP contribution < -0.4 is 9.62 Å². The fraction of sp³-hybridized carbons (Fsp3) is 0.333. The van der Waals surface area contributed by atoms with E-state index in [0.29, 0.717) is 34.3 Å². The van der Waals surface area contributed by atoms with Gasteiger partial charge in [0.05, 0.1) is 10.6 Å². The Morgan fingerprint density at radius 1 is 0.925 bits per heavy atom. The van der Waals surface area contributed by atoms with Gasteiger partial charge in [-0.05, 0) is 74.2 Å². The minimum Gasteiger partial charge on any atom is -0.354 e. The van der Waals surface area contributed by atoms with Crippen LogP contribution in [-0.2, 0) is 26.2 Å². The van der Waals surface area contributed by atoms with Crippen molar-refractivity contribution in [2.24, 2.45) is 0 Å². The van der Waals surface area contributed by atoms with Gasteiger partial charge < -0.3 is 10.2 Å². The number of aryl methyl sites for hydroxylation is 2. The first kappa shape index (κ1) is 31.5. The maximum atomic E-state index is 14.1. The number of hydrogen-bond donors (Lipinski definition) is 1. The summed E-state index contributed by atoms with van der Waals surface area (Å²) in [5.74, 6) is -0.854. The van der Waals surface area contributed by atoms with E-state index in [4.69, 9.17) is 23.2 Å². The molecule has 40 heavy (non-hydrogen) atoms. The second-order valence-corrected chi connectivity index (χ2v) is 12.3. The van der Waals surface area contributed by atoms with E-state index in [9.17, 15) is 18.0 Å². The highest BCUT2D eigenvalue weighted by molar-refractivity contribution is 7.92. The molecule has 7 nitrogen and oxygen atoms in total. The molecule has 0 saturated heterocycles. The lowest BCUT2D eigenvalue weighted by molar-refractivity contribution is -0.140. The van der Waals surface area contributed by atoms with Gasteiger partial charge in [0.25, 0.3) is 10.0 Å². The van der Waals surface area contributed by atoms with E-state index < -0.39 is 28.5 Å². The van der Waals surface area contributed by atoms with Crippen molar-refractivity contribution in [3.63, 3.8) is 0 Å². The summed E-state index contributed by atoms with van der Waals surface area (Å²) >= 11 is 12.5. The molecular weight excluding hydrogens is 569 g/mol. The molecule has 10 heteroatoms. The van der Waals surface area contributed by atoms with Gasteiger partial charge in [-0.3, -0.25) is 13.9 Å². The molecule has 0 aromatic heterocycles. The van der Waals surface area contributed by atoms with Crippen LogP contribution in [0.2, 0.25) is 10.0 Å². The molecular formula is C30H35Cl2N3O4S. The number of amides is 2. The maximum Gasteiger partial charge on any atom is 0.264 e. The van der Waals surface area contributed by atoms with Crippen LogP contribution in [0.5, 0.6) is 0 Å². The number of sulfonamides is 1. The number of rotatable bonds is 12. The van der Waals surface area contributed by atoms with Crippen LogP contribution in [0.25, 0.3) is 0 Å². The molecule has 2 amide bonds. The molecule has 1 N–H and O–H groups in total. The van der Waals surface area contributed by atoms with Gasteiger partial charge in [0.15, 0.2) is 0 Å². The summed E-state index contributed by atoms with van der Waals surface area (Å²) in [7, 11) is -4.13. The number of carbonyl (C=O) groups is 2. The fourth-order valence-corrected chi connectivity index (χ4v) is 6.14. The Morgan fingerprint density at radius 3 is 2.23 bits per heavy atom. The quantitative estimate of drug-likeness (QED) is 0.269. The third kappa shape index (κ3) is 7.77. The average molecular weight is 605 g/mol. The molecule has 0 spiro atoms. The second-order valence-electron chi connectivity index (χ2n) is 9.64.